The van der Waals surface area contributed by atoms with Crippen LogP contribution in [0.25, 0.3) is 0 Å². The molecular formula is C17H20FNO2. The summed E-state index contributed by atoms with van der Waals surface area (Å²) in [5, 5.41) is 3.21. The highest BCUT2D eigenvalue weighted by Crippen LogP contribution is 2.28. The molecule has 0 aliphatic rings. The lowest BCUT2D eigenvalue weighted by molar-refractivity contribution is 0.339. The maximum absolute atomic E-state index is 13.9. The second-order valence-corrected chi connectivity index (χ2v) is 4.62. The first-order valence-electron chi connectivity index (χ1n) is 6.93. The van der Waals surface area contributed by atoms with Crippen LogP contribution in [-0.2, 0) is 0 Å². The summed E-state index contributed by atoms with van der Waals surface area (Å²) in [7, 11) is 3.30. The van der Waals surface area contributed by atoms with E-state index in [1.54, 1.807) is 6.07 Å². The van der Waals surface area contributed by atoms with Gasteiger partial charge in [-0.2, -0.15) is 0 Å². The summed E-state index contributed by atoms with van der Waals surface area (Å²) >= 11 is 0. The van der Waals surface area contributed by atoms with Crippen LogP contribution in [0.1, 0.15) is 24.1 Å². The van der Waals surface area contributed by atoms with Crippen LogP contribution in [0.4, 0.5) is 4.39 Å². The maximum Gasteiger partial charge on any atom is 0.165 e. The molecule has 0 saturated carbocycles. The fourth-order valence-electron chi connectivity index (χ4n) is 2.34. The lowest BCUT2D eigenvalue weighted by Crippen LogP contribution is -2.18. The number of halogens is 1. The van der Waals surface area contributed by atoms with Crippen LogP contribution in [0, 0.1) is 5.82 Å². The third-order valence-electron chi connectivity index (χ3n) is 3.30. The Labute approximate surface area is 124 Å². The van der Waals surface area contributed by atoms with E-state index in [1.807, 2.05) is 44.3 Å². The molecule has 2 aromatic carbocycles. The molecule has 0 saturated heterocycles. The SMILES string of the molecule is CCOc1cccc(C(NC)c2ccc(OC)c(F)c2)c1. The molecule has 112 valence electrons. The molecule has 0 spiro atoms. The highest BCUT2D eigenvalue weighted by Gasteiger charge is 2.15. The van der Waals surface area contributed by atoms with Gasteiger partial charge in [0, 0.05) is 0 Å². The van der Waals surface area contributed by atoms with Gasteiger partial charge in [-0.05, 0) is 49.4 Å². The van der Waals surface area contributed by atoms with Crippen molar-refractivity contribution in [2.45, 2.75) is 13.0 Å². The van der Waals surface area contributed by atoms with Crippen LogP contribution in [0.3, 0.4) is 0 Å². The van der Waals surface area contributed by atoms with E-state index in [0.29, 0.717) is 6.61 Å². The summed E-state index contributed by atoms with van der Waals surface area (Å²) in [6.45, 7) is 2.56. The minimum atomic E-state index is -0.365. The normalized spacial score (nSPS) is 12.0. The van der Waals surface area contributed by atoms with E-state index in [4.69, 9.17) is 9.47 Å². The van der Waals surface area contributed by atoms with Crippen molar-refractivity contribution >= 4 is 0 Å². The first kappa shape index (κ1) is 15.3. The fourth-order valence-corrected chi connectivity index (χ4v) is 2.34. The number of methoxy groups -OCH3 is 1. The predicted octanol–water partition coefficient (Wildman–Crippen LogP) is 3.54. The minimum absolute atomic E-state index is 0.106. The van der Waals surface area contributed by atoms with Gasteiger partial charge in [-0.1, -0.05) is 18.2 Å². The molecule has 0 fully saturated rings. The molecule has 0 heterocycles. The maximum atomic E-state index is 13.9. The zero-order valence-electron chi connectivity index (χ0n) is 12.5. The van der Waals surface area contributed by atoms with Crippen molar-refractivity contribution in [2.75, 3.05) is 20.8 Å². The summed E-state index contributed by atoms with van der Waals surface area (Å²) in [5.41, 5.74) is 1.86. The van der Waals surface area contributed by atoms with Gasteiger partial charge in [0.1, 0.15) is 5.75 Å². The first-order valence-corrected chi connectivity index (χ1v) is 6.93. The van der Waals surface area contributed by atoms with Crippen molar-refractivity contribution < 1.29 is 13.9 Å². The fraction of sp³-hybridized carbons (Fsp3) is 0.294. The summed E-state index contributed by atoms with van der Waals surface area (Å²) in [6.07, 6.45) is 0. The zero-order chi connectivity index (χ0) is 15.2. The van der Waals surface area contributed by atoms with Gasteiger partial charge in [0.2, 0.25) is 0 Å². The van der Waals surface area contributed by atoms with Crippen LogP contribution >= 0.6 is 0 Å². The van der Waals surface area contributed by atoms with Crippen LogP contribution in [0.2, 0.25) is 0 Å². The Balaban J connectivity index is 2.34. The molecule has 21 heavy (non-hydrogen) atoms. The van der Waals surface area contributed by atoms with Gasteiger partial charge in [-0.25, -0.2) is 4.39 Å². The number of hydrogen-bond donors (Lipinski definition) is 1. The predicted molar refractivity (Wildman–Crippen MR) is 81.5 cm³/mol. The van der Waals surface area contributed by atoms with Crippen molar-refractivity contribution in [2.24, 2.45) is 0 Å². The summed E-state index contributed by atoms with van der Waals surface area (Å²) in [4.78, 5) is 0. The van der Waals surface area contributed by atoms with Gasteiger partial charge in [0.25, 0.3) is 0 Å². The van der Waals surface area contributed by atoms with E-state index < -0.39 is 0 Å². The van der Waals surface area contributed by atoms with Crippen LogP contribution in [0.5, 0.6) is 11.5 Å². The first-order chi connectivity index (χ1) is 10.2. The number of hydrogen-bond acceptors (Lipinski definition) is 3. The van der Waals surface area contributed by atoms with Crippen molar-refractivity contribution in [1.29, 1.82) is 0 Å². The molecule has 0 bridgehead atoms. The molecule has 0 aliphatic heterocycles. The van der Waals surface area contributed by atoms with Crippen molar-refractivity contribution in [3.05, 3.63) is 59.4 Å². The van der Waals surface area contributed by atoms with Crippen LogP contribution < -0.4 is 14.8 Å². The second-order valence-electron chi connectivity index (χ2n) is 4.62. The van der Waals surface area contributed by atoms with Gasteiger partial charge < -0.3 is 14.8 Å². The Morgan fingerprint density at radius 3 is 2.52 bits per heavy atom. The number of benzene rings is 2. The average molecular weight is 289 g/mol. The molecule has 1 atom stereocenters. The third kappa shape index (κ3) is 3.52. The Morgan fingerprint density at radius 1 is 1.14 bits per heavy atom. The smallest absolute Gasteiger partial charge is 0.165 e. The highest BCUT2D eigenvalue weighted by molar-refractivity contribution is 5.39. The summed E-state index contributed by atoms with van der Waals surface area (Å²) in [6, 6.07) is 12.7. The number of rotatable bonds is 6. The molecule has 0 aliphatic carbocycles. The van der Waals surface area contributed by atoms with E-state index in [0.717, 1.165) is 16.9 Å². The molecule has 4 heteroatoms. The Morgan fingerprint density at radius 2 is 1.90 bits per heavy atom. The van der Waals surface area contributed by atoms with Crippen molar-refractivity contribution in [3.63, 3.8) is 0 Å². The van der Waals surface area contributed by atoms with Crippen LogP contribution in [-0.4, -0.2) is 20.8 Å². The summed E-state index contributed by atoms with van der Waals surface area (Å²) in [5.74, 6) is 0.692. The molecule has 2 rings (SSSR count). The lowest BCUT2D eigenvalue weighted by atomic mass is 9.98. The Bertz CT molecular complexity index is 601. The topological polar surface area (TPSA) is 30.5 Å². The largest absolute Gasteiger partial charge is 0.494 e. The molecule has 2 aromatic rings. The quantitative estimate of drug-likeness (QED) is 0.882. The molecular weight excluding hydrogens is 269 g/mol. The molecule has 1 N–H and O–H groups in total. The van der Waals surface area contributed by atoms with Gasteiger partial charge in [-0.3, -0.25) is 0 Å². The Kier molecular flexibility index (Phi) is 5.17. The van der Waals surface area contributed by atoms with Gasteiger partial charge in [0.15, 0.2) is 11.6 Å². The van der Waals surface area contributed by atoms with E-state index in [9.17, 15) is 4.39 Å². The third-order valence-corrected chi connectivity index (χ3v) is 3.30. The van der Waals surface area contributed by atoms with Gasteiger partial charge >= 0.3 is 0 Å². The monoisotopic (exact) mass is 289 g/mol. The second kappa shape index (κ2) is 7.09. The van der Waals surface area contributed by atoms with E-state index in [1.165, 1.54) is 13.2 Å². The van der Waals surface area contributed by atoms with E-state index in [2.05, 4.69) is 5.32 Å². The Hall–Kier alpha value is -2.07. The zero-order valence-corrected chi connectivity index (χ0v) is 12.5. The van der Waals surface area contributed by atoms with Gasteiger partial charge in [0.05, 0.1) is 19.8 Å². The average Bonchev–Trinajstić information content (AvgIpc) is 2.49. The van der Waals surface area contributed by atoms with E-state index >= 15 is 0 Å². The molecule has 3 nitrogen and oxygen atoms in total. The lowest BCUT2D eigenvalue weighted by Gasteiger charge is -2.18. The standard InChI is InChI=1S/C17H20FNO2/c1-4-21-14-7-5-6-12(10-14)17(19-2)13-8-9-16(20-3)15(18)11-13/h5-11,17,19H,4H2,1-3H3. The van der Waals surface area contributed by atoms with Crippen molar-refractivity contribution in [3.8, 4) is 11.5 Å². The minimum Gasteiger partial charge on any atom is -0.494 e. The molecule has 0 aromatic heterocycles. The molecule has 1 unspecified atom stereocenters. The molecule has 0 amide bonds. The van der Waals surface area contributed by atoms with E-state index in [-0.39, 0.29) is 17.6 Å². The molecule has 0 radical (unpaired) electrons. The highest BCUT2D eigenvalue weighted by atomic mass is 19.1. The number of ether oxygens (including phenoxy) is 2. The van der Waals surface area contributed by atoms with Gasteiger partial charge in [-0.15, -0.1) is 0 Å². The van der Waals surface area contributed by atoms with Crippen molar-refractivity contribution in [1.82, 2.24) is 5.32 Å². The number of nitrogens with one attached hydrogen (secondary N) is 1. The summed E-state index contributed by atoms with van der Waals surface area (Å²) < 4.78 is 24.4. The van der Waals surface area contributed by atoms with Crippen LogP contribution in [0.15, 0.2) is 42.5 Å².